The molecule has 136 valence electrons. The summed E-state index contributed by atoms with van der Waals surface area (Å²) >= 11 is 0. The van der Waals surface area contributed by atoms with Crippen LogP contribution in [0.15, 0.2) is 42.6 Å². The Morgan fingerprint density at radius 2 is 1.80 bits per heavy atom. The summed E-state index contributed by atoms with van der Waals surface area (Å²) in [5.74, 6) is -0.380. The number of hydrogen-bond donors (Lipinski definition) is 1. The Labute approximate surface area is 145 Å². The van der Waals surface area contributed by atoms with Gasteiger partial charge in [-0.2, -0.15) is 18.3 Å². The fourth-order valence-electron chi connectivity index (χ4n) is 2.54. The number of aromatic nitrogens is 2. The molecule has 0 spiro atoms. The molecule has 0 radical (unpaired) electrons. The van der Waals surface area contributed by atoms with Crippen LogP contribution in [0.4, 0.5) is 13.2 Å². The second-order valence-electron chi connectivity index (χ2n) is 7.19. The zero-order valence-electron chi connectivity index (χ0n) is 14.5. The summed E-state index contributed by atoms with van der Waals surface area (Å²) in [5.41, 5.74) is -0.0695. The van der Waals surface area contributed by atoms with E-state index in [0.717, 1.165) is 22.5 Å². The maximum atomic E-state index is 12.6. The van der Waals surface area contributed by atoms with Crippen LogP contribution >= 0.6 is 0 Å². The monoisotopic (exact) mass is 353 g/mol. The van der Waals surface area contributed by atoms with Crippen LogP contribution in [0.2, 0.25) is 0 Å². The first-order valence-electron chi connectivity index (χ1n) is 7.99. The number of nitrogens with zero attached hydrogens (tertiary/aromatic N) is 2. The molecule has 2 rings (SSSR count). The van der Waals surface area contributed by atoms with E-state index in [1.807, 2.05) is 30.3 Å². The topological polar surface area (TPSA) is 46.9 Å². The van der Waals surface area contributed by atoms with Crippen LogP contribution in [0.3, 0.4) is 0 Å². The SMILES string of the molecule is CC(C)(C)CC(NC(=O)Cn1ccc(C(F)(F)F)n1)c1ccccc1. The first-order chi connectivity index (χ1) is 11.5. The Hall–Kier alpha value is -2.31. The molecule has 1 N–H and O–H groups in total. The minimum Gasteiger partial charge on any atom is -0.348 e. The van der Waals surface area contributed by atoms with Crippen LogP contribution in [-0.4, -0.2) is 15.7 Å². The number of alkyl halides is 3. The van der Waals surface area contributed by atoms with Crippen molar-refractivity contribution in [2.75, 3.05) is 0 Å². The number of hydrogen-bond acceptors (Lipinski definition) is 2. The molecule has 1 amide bonds. The van der Waals surface area contributed by atoms with Gasteiger partial charge >= 0.3 is 6.18 Å². The first-order valence-corrected chi connectivity index (χ1v) is 7.99. The molecule has 4 nitrogen and oxygen atoms in total. The highest BCUT2D eigenvalue weighted by Gasteiger charge is 2.33. The molecule has 1 aromatic heterocycles. The van der Waals surface area contributed by atoms with Crippen molar-refractivity contribution < 1.29 is 18.0 Å². The maximum absolute atomic E-state index is 12.6. The third kappa shape index (κ3) is 5.92. The minimum atomic E-state index is -4.51. The van der Waals surface area contributed by atoms with Gasteiger partial charge in [0.1, 0.15) is 6.54 Å². The number of nitrogens with one attached hydrogen (secondary N) is 1. The van der Waals surface area contributed by atoms with Crippen molar-refractivity contribution >= 4 is 5.91 Å². The van der Waals surface area contributed by atoms with E-state index in [1.54, 1.807) is 0 Å². The lowest BCUT2D eigenvalue weighted by molar-refractivity contribution is -0.141. The molecule has 0 aliphatic heterocycles. The van der Waals surface area contributed by atoms with Gasteiger partial charge in [-0.05, 0) is 23.5 Å². The Morgan fingerprint density at radius 3 is 2.32 bits per heavy atom. The Bertz CT molecular complexity index is 702. The number of carbonyl (C=O) groups is 1. The molecule has 0 fully saturated rings. The van der Waals surface area contributed by atoms with Crippen LogP contribution in [0.25, 0.3) is 0 Å². The predicted octanol–water partition coefficient (Wildman–Crippen LogP) is 4.20. The highest BCUT2D eigenvalue weighted by atomic mass is 19.4. The highest BCUT2D eigenvalue weighted by molar-refractivity contribution is 5.76. The van der Waals surface area contributed by atoms with Crippen molar-refractivity contribution in [3.63, 3.8) is 0 Å². The summed E-state index contributed by atoms with van der Waals surface area (Å²) < 4.78 is 38.7. The molecule has 1 heterocycles. The minimum absolute atomic E-state index is 0.0249. The van der Waals surface area contributed by atoms with Crippen molar-refractivity contribution in [2.24, 2.45) is 5.41 Å². The first kappa shape index (κ1) is 19.0. The molecule has 7 heteroatoms. The summed E-state index contributed by atoms with van der Waals surface area (Å²) in [6.07, 6.45) is -2.65. The van der Waals surface area contributed by atoms with Crippen molar-refractivity contribution in [1.29, 1.82) is 0 Å². The number of rotatable bonds is 5. The molecule has 0 aliphatic carbocycles. The van der Waals surface area contributed by atoms with Gasteiger partial charge in [-0.15, -0.1) is 0 Å². The van der Waals surface area contributed by atoms with Crippen LogP contribution in [-0.2, 0) is 17.5 Å². The molecule has 1 aromatic carbocycles. The van der Waals surface area contributed by atoms with Gasteiger partial charge in [0, 0.05) is 6.20 Å². The van der Waals surface area contributed by atoms with E-state index in [4.69, 9.17) is 0 Å². The molecule has 0 aliphatic rings. The third-order valence-corrected chi connectivity index (χ3v) is 3.59. The number of carbonyl (C=O) groups excluding carboxylic acids is 1. The van der Waals surface area contributed by atoms with E-state index < -0.39 is 11.9 Å². The van der Waals surface area contributed by atoms with Gasteiger partial charge in [-0.25, -0.2) is 0 Å². The molecule has 0 saturated carbocycles. The van der Waals surface area contributed by atoms with Crippen molar-refractivity contribution in [1.82, 2.24) is 15.1 Å². The van der Waals surface area contributed by atoms with Crippen LogP contribution in [0.5, 0.6) is 0 Å². The molecule has 1 atom stereocenters. The van der Waals surface area contributed by atoms with E-state index in [2.05, 4.69) is 31.2 Å². The molecular formula is C18H22F3N3O. The molecular weight excluding hydrogens is 331 g/mol. The summed E-state index contributed by atoms with van der Waals surface area (Å²) in [4.78, 5) is 12.3. The molecule has 2 aromatic rings. The van der Waals surface area contributed by atoms with Gasteiger partial charge in [0.2, 0.25) is 5.91 Å². The van der Waals surface area contributed by atoms with E-state index in [-0.39, 0.29) is 23.9 Å². The van der Waals surface area contributed by atoms with Gasteiger partial charge in [-0.3, -0.25) is 9.48 Å². The molecule has 0 saturated heterocycles. The fraction of sp³-hybridized carbons (Fsp3) is 0.444. The van der Waals surface area contributed by atoms with E-state index in [0.29, 0.717) is 6.42 Å². The molecule has 0 bridgehead atoms. The highest BCUT2D eigenvalue weighted by Crippen LogP contribution is 2.29. The largest absolute Gasteiger partial charge is 0.435 e. The summed E-state index contributed by atoms with van der Waals surface area (Å²) in [6.45, 7) is 5.94. The zero-order valence-corrected chi connectivity index (χ0v) is 14.5. The van der Waals surface area contributed by atoms with E-state index in [9.17, 15) is 18.0 Å². The van der Waals surface area contributed by atoms with Crippen LogP contribution in [0.1, 0.15) is 44.5 Å². The van der Waals surface area contributed by atoms with Gasteiger partial charge in [0.15, 0.2) is 5.69 Å². The number of amides is 1. The Balaban J connectivity index is 2.08. The van der Waals surface area contributed by atoms with Crippen LogP contribution in [0, 0.1) is 5.41 Å². The van der Waals surface area contributed by atoms with Crippen LogP contribution < -0.4 is 5.32 Å². The average molecular weight is 353 g/mol. The van der Waals surface area contributed by atoms with Crippen molar-refractivity contribution in [2.45, 2.75) is 46.0 Å². The second kappa shape index (κ2) is 7.29. The third-order valence-electron chi connectivity index (χ3n) is 3.59. The standard InChI is InChI=1S/C18H22F3N3O/c1-17(2,3)11-14(13-7-5-4-6-8-13)22-16(25)12-24-10-9-15(23-24)18(19,20)21/h4-10,14H,11-12H2,1-3H3,(H,22,25). The zero-order chi connectivity index (χ0) is 18.7. The molecule has 25 heavy (non-hydrogen) atoms. The Morgan fingerprint density at radius 1 is 1.16 bits per heavy atom. The average Bonchev–Trinajstić information content (AvgIpc) is 2.94. The summed E-state index contributed by atoms with van der Waals surface area (Å²) in [7, 11) is 0. The smallest absolute Gasteiger partial charge is 0.348 e. The van der Waals surface area contributed by atoms with Gasteiger partial charge in [-0.1, -0.05) is 51.1 Å². The fourth-order valence-corrected chi connectivity index (χ4v) is 2.54. The number of benzene rings is 1. The lowest BCUT2D eigenvalue weighted by atomic mass is 9.85. The molecule has 1 unspecified atom stereocenters. The summed E-state index contributed by atoms with van der Waals surface area (Å²) in [5, 5.41) is 6.31. The second-order valence-corrected chi connectivity index (χ2v) is 7.19. The van der Waals surface area contributed by atoms with Gasteiger partial charge in [0.25, 0.3) is 0 Å². The quantitative estimate of drug-likeness (QED) is 0.876. The van der Waals surface area contributed by atoms with E-state index >= 15 is 0 Å². The maximum Gasteiger partial charge on any atom is 0.435 e. The lowest BCUT2D eigenvalue weighted by Gasteiger charge is -2.27. The van der Waals surface area contributed by atoms with E-state index in [1.165, 1.54) is 0 Å². The lowest BCUT2D eigenvalue weighted by Crippen LogP contribution is -2.33. The number of halogens is 3. The normalized spacial score (nSPS) is 13.5. The van der Waals surface area contributed by atoms with Gasteiger partial charge in [0.05, 0.1) is 6.04 Å². The van der Waals surface area contributed by atoms with Crippen molar-refractivity contribution in [3.05, 3.63) is 53.9 Å². The van der Waals surface area contributed by atoms with Crippen molar-refractivity contribution in [3.8, 4) is 0 Å². The predicted molar refractivity (Wildman–Crippen MR) is 88.6 cm³/mol. The summed E-state index contributed by atoms with van der Waals surface area (Å²) in [6, 6.07) is 10.2. The Kier molecular flexibility index (Phi) is 5.55. The van der Waals surface area contributed by atoms with Gasteiger partial charge < -0.3 is 5.32 Å².